The maximum Gasteiger partial charge on any atom is 0.184 e. The number of ether oxygens (including phenoxy) is 3. The minimum atomic E-state index is 0.123. The number of nitrogens with two attached hydrogens (primary N) is 1. The van der Waals surface area contributed by atoms with Crippen LogP contribution in [0.1, 0.15) is 38.2 Å². The Morgan fingerprint density at radius 2 is 1.59 bits per heavy atom. The molecule has 0 saturated carbocycles. The maximum atomic E-state index is 5.73. The van der Waals surface area contributed by atoms with Crippen LogP contribution >= 0.6 is 12.2 Å². The first-order valence-corrected chi connectivity index (χ1v) is 10.2. The van der Waals surface area contributed by atoms with E-state index >= 15 is 0 Å². The zero-order valence-corrected chi connectivity index (χ0v) is 17.6. The molecule has 2 aromatic rings. The first-order chi connectivity index (χ1) is 14.2. The van der Waals surface area contributed by atoms with Crippen LogP contribution in [0.4, 0.5) is 0 Å². The van der Waals surface area contributed by atoms with Crippen LogP contribution in [0.15, 0.2) is 53.6 Å². The van der Waals surface area contributed by atoms with E-state index in [4.69, 9.17) is 32.2 Å². The van der Waals surface area contributed by atoms with Crippen molar-refractivity contribution in [3.05, 3.63) is 54.1 Å². The maximum absolute atomic E-state index is 5.73. The minimum absolute atomic E-state index is 0.123. The summed E-state index contributed by atoms with van der Waals surface area (Å²) >= 11 is 4.69. The topological polar surface area (TPSA) is 78.1 Å². The summed E-state index contributed by atoms with van der Waals surface area (Å²) in [7, 11) is 0. The van der Waals surface area contributed by atoms with Crippen LogP contribution in [-0.2, 0) is 0 Å². The second-order valence-electron chi connectivity index (χ2n) is 6.38. The Balaban J connectivity index is 1.67. The fourth-order valence-corrected chi connectivity index (χ4v) is 2.58. The summed E-state index contributed by atoms with van der Waals surface area (Å²) < 4.78 is 17.2. The van der Waals surface area contributed by atoms with Gasteiger partial charge in [0, 0.05) is 0 Å². The first kappa shape index (κ1) is 22.5. The van der Waals surface area contributed by atoms with Gasteiger partial charge in [-0.3, -0.25) is 5.43 Å². The normalized spacial score (nSPS) is 10.7. The number of hydrogen-bond acceptors (Lipinski definition) is 5. The first-order valence-electron chi connectivity index (χ1n) is 9.84. The molecule has 7 heteroatoms. The number of rotatable bonds is 13. The van der Waals surface area contributed by atoms with Crippen molar-refractivity contribution in [2.75, 3.05) is 19.8 Å². The van der Waals surface area contributed by atoms with Crippen LogP contribution in [0.5, 0.6) is 17.2 Å². The molecule has 0 spiro atoms. The Labute approximate surface area is 178 Å². The van der Waals surface area contributed by atoms with Gasteiger partial charge in [0.1, 0.15) is 30.5 Å². The molecule has 3 N–H and O–H groups in total. The molecule has 0 saturated heterocycles. The molecule has 0 heterocycles. The Morgan fingerprint density at radius 1 is 0.931 bits per heavy atom. The number of benzene rings is 2. The van der Waals surface area contributed by atoms with E-state index in [0.29, 0.717) is 13.2 Å². The summed E-state index contributed by atoms with van der Waals surface area (Å²) in [6, 6.07) is 15.2. The van der Waals surface area contributed by atoms with Gasteiger partial charge in [-0.1, -0.05) is 38.3 Å². The molecular weight excluding hydrogens is 386 g/mol. The molecule has 156 valence electrons. The fourth-order valence-electron chi connectivity index (χ4n) is 2.53. The van der Waals surface area contributed by atoms with Crippen LogP contribution in [-0.4, -0.2) is 31.1 Å². The van der Waals surface area contributed by atoms with E-state index in [0.717, 1.165) is 35.8 Å². The molecule has 0 aromatic heterocycles. The Hall–Kier alpha value is -2.80. The van der Waals surface area contributed by atoms with E-state index in [1.165, 1.54) is 19.3 Å². The van der Waals surface area contributed by atoms with Gasteiger partial charge in [0.05, 0.1) is 12.8 Å². The van der Waals surface area contributed by atoms with Crippen LogP contribution < -0.4 is 25.4 Å². The SMILES string of the molecule is CCCCCCOc1ccc(OCCOc2cccc(C=NNC(N)=S)c2)cc1. The molecule has 0 bridgehead atoms. The number of nitrogens with zero attached hydrogens (tertiary/aromatic N) is 1. The molecular formula is C22H29N3O3S. The number of hydrazone groups is 1. The third-order valence-electron chi connectivity index (χ3n) is 3.96. The van der Waals surface area contributed by atoms with E-state index in [1.807, 2.05) is 48.5 Å². The summed E-state index contributed by atoms with van der Waals surface area (Å²) in [5.74, 6) is 2.39. The van der Waals surface area contributed by atoms with E-state index in [9.17, 15) is 0 Å². The second kappa shape index (κ2) is 13.4. The predicted octanol–water partition coefficient (Wildman–Crippen LogP) is 4.27. The molecule has 6 nitrogen and oxygen atoms in total. The molecule has 0 radical (unpaired) electrons. The number of thiocarbonyl (C=S) groups is 1. The molecule has 0 atom stereocenters. The molecule has 2 rings (SSSR count). The lowest BCUT2D eigenvalue weighted by Gasteiger charge is -2.10. The van der Waals surface area contributed by atoms with E-state index in [2.05, 4.69) is 17.5 Å². The molecule has 0 aliphatic rings. The van der Waals surface area contributed by atoms with Crippen molar-refractivity contribution in [2.24, 2.45) is 10.8 Å². The quantitative estimate of drug-likeness (QED) is 0.220. The fraction of sp³-hybridized carbons (Fsp3) is 0.364. The van der Waals surface area contributed by atoms with Crippen molar-refractivity contribution in [3.63, 3.8) is 0 Å². The van der Waals surface area contributed by atoms with Gasteiger partial charge in [-0.15, -0.1) is 0 Å². The van der Waals surface area contributed by atoms with Gasteiger partial charge < -0.3 is 19.9 Å². The molecule has 0 aliphatic carbocycles. The highest BCUT2D eigenvalue weighted by Crippen LogP contribution is 2.18. The van der Waals surface area contributed by atoms with Crippen molar-refractivity contribution >= 4 is 23.5 Å². The highest BCUT2D eigenvalue weighted by Gasteiger charge is 1.99. The number of unbranched alkanes of at least 4 members (excludes halogenated alkanes) is 3. The summed E-state index contributed by atoms with van der Waals surface area (Å²) in [6.07, 6.45) is 6.42. The van der Waals surface area contributed by atoms with Crippen LogP contribution in [0.25, 0.3) is 0 Å². The highest BCUT2D eigenvalue weighted by molar-refractivity contribution is 7.80. The van der Waals surface area contributed by atoms with Gasteiger partial charge in [0.15, 0.2) is 5.11 Å². The van der Waals surface area contributed by atoms with Gasteiger partial charge in [0.2, 0.25) is 0 Å². The zero-order chi connectivity index (χ0) is 20.7. The largest absolute Gasteiger partial charge is 0.494 e. The highest BCUT2D eigenvalue weighted by atomic mass is 32.1. The lowest BCUT2D eigenvalue weighted by molar-refractivity contribution is 0.217. The van der Waals surface area contributed by atoms with Gasteiger partial charge in [-0.2, -0.15) is 5.10 Å². The summed E-state index contributed by atoms with van der Waals surface area (Å²) in [4.78, 5) is 0. The standard InChI is InChI=1S/C22H29N3O3S/c1-2-3-4-5-13-26-19-9-11-20(12-10-19)27-14-15-28-21-8-6-7-18(16-21)17-24-25-22(23)29/h6-12,16-17H,2-5,13-15H2,1H3,(H3,23,25,29). The van der Waals surface area contributed by atoms with Gasteiger partial charge >= 0.3 is 0 Å². The van der Waals surface area contributed by atoms with E-state index < -0.39 is 0 Å². The molecule has 0 aliphatic heterocycles. The van der Waals surface area contributed by atoms with Crippen molar-refractivity contribution in [1.29, 1.82) is 0 Å². The monoisotopic (exact) mass is 415 g/mol. The van der Waals surface area contributed by atoms with Gasteiger partial charge in [0.25, 0.3) is 0 Å². The predicted molar refractivity (Wildman–Crippen MR) is 121 cm³/mol. The molecule has 2 aromatic carbocycles. The third-order valence-corrected chi connectivity index (χ3v) is 4.05. The van der Waals surface area contributed by atoms with Crippen molar-refractivity contribution < 1.29 is 14.2 Å². The third kappa shape index (κ3) is 9.80. The lowest BCUT2D eigenvalue weighted by Crippen LogP contribution is -2.23. The van der Waals surface area contributed by atoms with Crippen LogP contribution in [0.3, 0.4) is 0 Å². The second-order valence-corrected chi connectivity index (χ2v) is 6.82. The van der Waals surface area contributed by atoms with Gasteiger partial charge in [-0.25, -0.2) is 0 Å². The molecule has 0 unspecified atom stereocenters. The van der Waals surface area contributed by atoms with Crippen LogP contribution in [0.2, 0.25) is 0 Å². The molecule has 29 heavy (non-hydrogen) atoms. The van der Waals surface area contributed by atoms with Crippen LogP contribution in [0, 0.1) is 0 Å². The molecule has 0 fully saturated rings. The minimum Gasteiger partial charge on any atom is -0.494 e. The number of hydrogen-bond donors (Lipinski definition) is 2. The zero-order valence-electron chi connectivity index (χ0n) is 16.8. The Bertz CT molecular complexity index is 766. The average Bonchev–Trinajstić information content (AvgIpc) is 2.72. The number of nitrogens with one attached hydrogen (secondary N) is 1. The smallest absolute Gasteiger partial charge is 0.184 e. The Kier molecular flexibility index (Phi) is 10.4. The average molecular weight is 416 g/mol. The van der Waals surface area contributed by atoms with Crippen molar-refractivity contribution in [3.8, 4) is 17.2 Å². The van der Waals surface area contributed by atoms with Gasteiger partial charge in [-0.05, 0) is 60.6 Å². The lowest BCUT2D eigenvalue weighted by atomic mass is 10.2. The van der Waals surface area contributed by atoms with Crippen molar-refractivity contribution in [1.82, 2.24) is 5.43 Å². The Morgan fingerprint density at radius 3 is 2.24 bits per heavy atom. The van der Waals surface area contributed by atoms with Crippen molar-refractivity contribution in [2.45, 2.75) is 32.6 Å². The summed E-state index contributed by atoms with van der Waals surface area (Å²) in [6.45, 7) is 3.84. The van der Waals surface area contributed by atoms with E-state index in [1.54, 1.807) is 6.21 Å². The van der Waals surface area contributed by atoms with E-state index in [-0.39, 0.29) is 5.11 Å². The summed E-state index contributed by atoms with van der Waals surface area (Å²) in [5.41, 5.74) is 8.71. The molecule has 0 amide bonds. The summed E-state index contributed by atoms with van der Waals surface area (Å²) in [5, 5.41) is 4.05.